The van der Waals surface area contributed by atoms with Gasteiger partial charge in [-0.2, -0.15) is 0 Å². The molecule has 0 unspecified atom stereocenters. The van der Waals surface area contributed by atoms with Gasteiger partial charge >= 0.3 is 0 Å². The lowest BCUT2D eigenvalue weighted by Crippen LogP contribution is -2.19. The number of aliphatic imine (C=N–C) groups is 1. The Morgan fingerprint density at radius 3 is 2.67 bits per heavy atom. The topological polar surface area (TPSA) is 87.8 Å². The molecule has 1 aliphatic rings. The minimum atomic E-state index is -0.427. The standard InChI is InChI=1S/C19H18N4O3S/c1-12-5-4-6-14(9-12)20-19-21-18(24)17(27-19)11-13-7-8-15(22(2)3)16(10-13)23(25)26/h4-11H,1-3H3,(H,20,21,24)/b17-11+. The van der Waals surface area contributed by atoms with Crippen molar-refractivity contribution in [2.75, 3.05) is 19.0 Å². The van der Waals surface area contributed by atoms with E-state index in [0.717, 1.165) is 11.3 Å². The van der Waals surface area contributed by atoms with E-state index in [1.165, 1.54) is 17.8 Å². The molecule has 138 valence electrons. The number of carbonyl (C=O) groups is 1. The Kier molecular flexibility index (Phi) is 5.27. The number of nitrogens with zero attached hydrogens (tertiary/aromatic N) is 3. The summed E-state index contributed by atoms with van der Waals surface area (Å²) in [5.41, 5.74) is 2.92. The Labute approximate surface area is 160 Å². The predicted molar refractivity (Wildman–Crippen MR) is 109 cm³/mol. The van der Waals surface area contributed by atoms with Crippen LogP contribution in [0.15, 0.2) is 52.4 Å². The first kappa shape index (κ1) is 18.7. The summed E-state index contributed by atoms with van der Waals surface area (Å²) in [5, 5.41) is 14.5. The third-order valence-corrected chi connectivity index (χ3v) is 4.77. The average Bonchev–Trinajstić information content (AvgIpc) is 2.93. The molecule has 1 N–H and O–H groups in total. The number of nitro groups is 1. The number of thioether (sulfide) groups is 1. The normalized spacial score (nSPS) is 16.6. The summed E-state index contributed by atoms with van der Waals surface area (Å²) in [6.45, 7) is 1.97. The van der Waals surface area contributed by atoms with Gasteiger partial charge in [-0.3, -0.25) is 14.9 Å². The SMILES string of the molecule is Cc1cccc(N=C2NC(=O)/C(=C\c3ccc(N(C)C)c([N+](=O)[O-])c3)S2)c1. The highest BCUT2D eigenvalue weighted by Gasteiger charge is 2.24. The molecule has 0 aromatic heterocycles. The Hall–Kier alpha value is -3.13. The molecule has 27 heavy (non-hydrogen) atoms. The van der Waals surface area contributed by atoms with Gasteiger partial charge in [-0.25, -0.2) is 4.99 Å². The van der Waals surface area contributed by atoms with E-state index in [1.54, 1.807) is 37.2 Å². The first-order valence-corrected chi connectivity index (χ1v) is 8.97. The molecule has 0 bridgehead atoms. The van der Waals surface area contributed by atoms with Gasteiger partial charge in [-0.1, -0.05) is 18.2 Å². The van der Waals surface area contributed by atoms with E-state index in [1.807, 2.05) is 31.2 Å². The minimum absolute atomic E-state index is 0.00796. The van der Waals surface area contributed by atoms with Gasteiger partial charge in [0.05, 0.1) is 15.5 Å². The van der Waals surface area contributed by atoms with Gasteiger partial charge in [-0.15, -0.1) is 0 Å². The van der Waals surface area contributed by atoms with Gasteiger partial charge in [-0.05, 0) is 54.1 Å². The number of anilines is 1. The molecule has 1 fully saturated rings. The minimum Gasteiger partial charge on any atom is -0.372 e. The van der Waals surface area contributed by atoms with Gasteiger partial charge < -0.3 is 10.2 Å². The van der Waals surface area contributed by atoms with E-state index < -0.39 is 4.92 Å². The van der Waals surface area contributed by atoms with Crippen molar-refractivity contribution < 1.29 is 9.72 Å². The Bertz CT molecular complexity index is 983. The van der Waals surface area contributed by atoms with Crippen molar-refractivity contribution in [3.63, 3.8) is 0 Å². The summed E-state index contributed by atoms with van der Waals surface area (Å²) in [6, 6.07) is 12.5. The van der Waals surface area contributed by atoms with Gasteiger partial charge in [0.15, 0.2) is 5.17 Å². The maximum atomic E-state index is 12.2. The van der Waals surface area contributed by atoms with Crippen molar-refractivity contribution in [1.82, 2.24) is 5.32 Å². The summed E-state index contributed by atoms with van der Waals surface area (Å²) in [7, 11) is 3.49. The zero-order valence-electron chi connectivity index (χ0n) is 15.1. The van der Waals surface area contributed by atoms with Gasteiger partial charge in [0.25, 0.3) is 11.6 Å². The quantitative estimate of drug-likeness (QED) is 0.493. The number of amides is 1. The Morgan fingerprint density at radius 1 is 1.22 bits per heavy atom. The second kappa shape index (κ2) is 7.63. The van der Waals surface area contributed by atoms with Crippen LogP contribution in [-0.4, -0.2) is 30.1 Å². The lowest BCUT2D eigenvalue weighted by Gasteiger charge is -2.12. The van der Waals surface area contributed by atoms with E-state index in [4.69, 9.17) is 0 Å². The fourth-order valence-corrected chi connectivity index (χ4v) is 3.44. The van der Waals surface area contributed by atoms with Crippen molar-refractivity contribution in [3.8, 4) is 0 Å². The number of aryl methyl sites for hydroxylation is 1. The van der Waals surface area contributed by atoms with Crippen LogP contribution in [0.3, 0.4) is 0 Å². The number of rotatable bonds is 4. The number of carbonyl (C=O) groups excluding carboxylic acids is 1. The molecule has 3 rings (SSSR count). The van der Waals surface area contributed by atoms with Crippen molar-refractivity contribution in [3.05, 3.63) is 68.6 Å². The summed E-state index contributed by atoms with van der Waals surface area (Å²) in [4.78, 5) is 29.7. The summed E-state index contributed by atoms with van der Waals surface area (Å²) >= 11 is 1.21. The van der Waals surface area contributed by atoms with E-state index in [0.29, 0.717) is 21.3 Å². The third kappa shape index (κ3) is 4.35. The molecule has 1 heterocycles. The second-order valence-electron chi connectivity index (χ2n) is 6.22. The lowest BCUT2D eigenvalue weighted by atomic mass is 10.1. The molecule has 1 aliphatic heterocycles. The summed E-state index contributed by atoms with van der Waals surface area (Å²) in [5.74, 6) is -0.272. The molecule has 0 atom stereocenters. The highest BCUT2D eigenvalue weighted by molar-refractivity contribution is 8.18. The van der Waals surface area contributed by atoms with Crippen LogP contribution in [0.1, 0.15) is 11.1 Å². The zero-order chi connectivity index (χ0) is 19.6. The highest BCUT2D eigenvalue weighted by atomic mass is 32.2. The molecule has 1 amide bonds. The van der Waals surface area contributed by atoms with Crippen LogP contribution in [0.25, 0.3) is 6.08 Å². The summed E-state index contributed by atoms with van der Waals surface area (Å²) in [6.07, 6.45) is 1.63. The zero-order valence-corrected chi connectivity index (χ0v) is 15.9. The first-order chi connectivity index (χ1) is 12.8. The highest BCUT2D eigenvalue weighted by Crippen LogP contribution is 2.32. The maximum absolute atomic E-state index is 12.2. The Morgan fingerprint density at radius 2 is 2.00 bits per heavy atom. The Balaban J connectivity index is 1.88. The third-order valence-electron chi connectivity index (χ3n) is 3.86. The van der Waals surface area contributed by atoms with Crippen molar-refractivity contribution in [1.29, 1.82) is 0 Å². The van der Waals surface area contributed by atoms with E-state index in [9.17, 15) is 14.9 Å². The van der Waals surface area contributed by atoms with Gasteiger partial charge in [0.2, 0.25) is 0 Å². The fourth-order valence-electron chi connectivity index (χ4n) is 2.60. The molecular formula is C19H18N4O3S. The number of hydrogen-bond donors (Lipinski definition) is 1. The monoisotopic (exact) mass is 382 g/mol. The van der Waals surface area contributed by atoms with Crippen molar-refractivity contribution >= 4 is 46.0 Å². The number of amidine groups is 1. The number of benzene rings is 2. The average molecular weight is 382 g/mol. The maximum Gasteiger partial charge on any atom is 0.293 e. The predicted octanol–water partition coefficient (Wildman–Crippen LogP) is 3.86. The molecule has 2 aromatic rings. The van der Waals surface area contributed by atoms with E-state index in [2.05, 4.69) is 10.3 Å². The fraction of sp³-hybridized carbons (Fsp3) is 0.158. The molecule has 0 aliphatic carbocycles. The molecule has 1 saturated heterocycles. The molecule has 0 spiro atoms. The second-order valence-corrected chi connectivity index (χ2v) is 7.25. The number of nitro benzene ring substituents is 1. The van der Waals surface area contributed by atoms with Crippen LogP contribution in [0.2, 0.25) is 0 Å². The first-order valence-electron chi connectivity index (χ1n) is 8.15. The van der Waals surface area contributed by atoms with Crippen molar-refractivity contribution in [2.45, 2.75) is 6.92 Å². The van der Waals surface area contributed by atoms with Gasteiger partial charge in [0.1, 0.15) is 5.69 Å². The molecular weight excluding hydrogens is 364 g/mol. The van der Waals surface area contributed by atoms with Crippen LogP contribution in [0, 0.1) is 17.0 Å². The molecule has 2 aromatic carbocycles. The largest absolute Gasteiger partial charge is 0.372 e. The smallest absolute Gasteiger partial charge is 0.293 e. The van der Waals surface area contributed by atoms with Gasteiger partial charge in [0, 0.05) is 20.2 Å². The van der Waals surface area contributed by atoms with Crippen LogP contribution in [0.4, 0.5) is 17.1 Å². The summed E-state index contributed by atoms with van der Waals surface area (Å²) < 4.78 is 0. The molecule has 0 saturated carbocycles. The number of hydrogen-bond acceptors (Lipinski definition) is 6. The molecule has 8 heteroatoms. The van der Waals surface area contributed by atoms with Crippen LogP contribution in [-0.2, 0) is 4.79 Å². The van der Waals surface area contributed by atoms with E-state index >= 15 is 0 Å². The van der Waals surface area contributed by atoms with Crippen LogP contribution in [0.5, 0.6) is 0 Å². The van der Waals surface area contributed by atoms with Crippen molar-refractivity contribution in [2.24, 2.45) is 4.99 Å². The van der Waals surface area contributed by atoms with Crippen LogP contribution >= 0.6 is 11.8 Å². The lowest BCUT2D eigenvalue weighted by molar-refractivity contribution is -0.384. The van der Waals surface area contributed by atoms with E-state index in [-0.39, 0.29) is 11.6 Å². The molecule has 7 nitrogen and oxygen atoms in total. The molecule has 0 radical (unpaired) electrons. The van der Waals surface area contributed by atoms with Crippen LogP contribution < -0.4 is 10.2 Å². The number of nitrogens with one attached hydrogen (secondary N) is 1.